The van der Waals surface area contributed by atoms with Crippen molar-refractivity contribution in [1.82, 2.24) is 9.38 Å². The molecule has 0 amide bonds. The van der Waals surface area contributed by atoms with E-state index in [0.717, 1.165) is 5.52 Å². The number of hydrogen-bond donors (Lipinski definition) is 0. The molecule has 0 aliphatic carbocycles. The van der Waals surface area contributed by atoms with Crippen LogP contribution in [0, 0.1) is 0 Å². The molecule has 1 aromatic carbocycles. The van der Waals surface area contributed by atoms with Crippen LogP contribution >= 0.6 is 0 Å². The second-order valence-corrected chi connectivity index (χ2v) is 4.18. The smallest absolute Gasteiger partial charge is 0.0948 e. The molecular formula is C15H10N2. The first-order chi connectivity index (χ1) is 8.45. The van der Waals surface area contributed by atoms with Crippen molar-refractivity contribution in [3.63, 3.8) is 0 Å². The van der Waals surface area contributed by atoms with Crippen LogP contribution in [-0.4, -0.2) is 9.38 Å². The van der Waals surface area contributed by atoms with Gasteiger partial charge in [0.2, 0.25) is 0 Å². The summed E-state index contributed by atoms with van der Waals surface area (Å²) < 4.78 is 2.20. The first-order valence-electron chi connectivity index (χ1n) is 5.68. The van der Waals surface area contributed by atoms with Crippen molar-refractivity contribution in [3.05, 3.63) is 60.9 Å². The van der Waals surface area contributed by atoms with Gasteiger partial charge in [0.25, 0.3) is 0 Å². The topological polar surface area (TPSA) is 17.3 Å². The Hall–Kier alpha value is -2.35. The van der Waals surface area contributed by atoms with E-state index in [1.54, 1.807) is 0 Å². The average molecular weight is 218 g/mol. The number of aromatic nitrogens is 2. The highest BCUT2D eigenvalue weighted by Crippen LogP contribution is 2.27. The van der Waals surface area contributed by atoms with E-state index < -0.39 is 0 Å². The number of para-hydroxylation sites is 1. The maximum atomic E-state index is 4.51. The third-order valence-corrected chi connectivity index (χ3v) is 3.25. The Labute approximate surface area is 98.1 Å². The fourth-order valence-corrected chi connectivity index (χ4v) is 2.52. The molecule has 0 spiro atoms. The average Bonchev–Trinajstić information content (AvgIpc) is 2.89. The fraction of sp³-hybridized carbons (Fsp3) is 0. The molecule has 0 radical (unpaired) electrons. The lowest BCUT2D eigenvalue weighted by atomic mass is 10.1. The van der Waals surface area contributed by atoms with E-state index >= 15 is 0 Å². The minimum atomic E-state index is 1.07. The summed E-state index contributed by atoms with van der Waals surface area (Å²) in [6.45, 7) is 0. The Morgan fingerprint density at radius 2 is 1.59 bits per heavy atom. The minimum absolute atomic E-state index is 1.07. The number of benzene rings is 1. The van der Waals surface area contributed by atoms with Crippen molar-refractivity contribution in [2.45, 2.75) is 0 Å². The van der Waals surface area contributed by atoms with Crippen LogP contribution in [0.5, 0.6) is 0 Å². The quantitative estimate of drug-likeness (QED) is 0.412. The Balaban J connectivity index is 2.48. The summed E-state index contributed by atoms with van der Waals surface area (Å²) in [5.74, 6) is 0. The molecule has 0 aliphatic heterocycles. The zero-order valence-electron chi connectivity index (χ0n) is 9.17. The molecule has 0 N–H and O–H groups in total. The highest BCUT2D eigenvalue weighted by atomic mass is 14.9. The van der Waals surface area contributed by atoms with Gasteiger partial charge in [0, 0.05) is 23.2 Å². The van der Waals surface area contributed by atoms with Crippen LogP contribution in [0.3, 0.4) is 0 Å². The van der Waals surface area contributed by atoms with Crippen molar-refractivity contribution in [1.29, 1.82) is 0 Å². The first-order valence-corrected chi connectivity index (χ1v) is 5.68. The zero-order valence-corrected chi connectivity index (χ0v) is 9.17. The van der Waals surface area contributed by atoms with E-state index in [4.69, 9.17) is 0 Å². The predicted octanol–water partition coefficient (Wildman–Crippen LogP) is 3.64. The Morgan fingerprint density at radius 1 is 0.765 bits per heavy atom. The summed E-state index contributed by atoms with van der Waals surface area (Å²) in [6, 6.07) is 16.8. The molecule has 2 nitrogen and oxygen atoms in total. The standard InChI is InChI=1S/C15H10N2/c1-2-7-13-11(5-1)12-6-3-9-16-15(12)14-8-4-10-17(13)14/h1-10H. The van der Waals surface area contributed by atoms with Gasteiger partial charge in [0.1, 0.15) is 0 Å². The molecule has 80 valence electrons. The SMILES string of the molecule is c1cnc2c(c1)c1ccccc1n1cccc21. The van der Waals surface area contributed by atoms with Crippen molar-refractivity contribution < 1.29 is 0 Å². The van der Waals surface area contributed by atoms with E-state index in [-0.39, 0.29) is 0 Å². The summed E-state index contributed by atoms with van der Waals surface area (Å²) in [6.07, 6.45) is 3.94. The van der Waals surface area contributed by atoms with E-state index in [1.807, 2.05) is 12.3 Å². The molecule has 4 rings (SSSR count). The molecule has 4 aromatic rings. The molecule has 0 fully saturated rings. The maximum absolute atomic E-state index is 4.51. The number of nitrogens with zero attached hydrogens (tertiary/aromatic N) is 2. The van der Waals surface area contributed by atoms with Gasteiger partial charge >= 0.3 is 0 Å². The van der Waals surface area contributed by atoms with Gasteiger partial charge in [-0.05, 0) is 24.3 Å². The highest BCUT2D eigenvalue weighted by molar-refractivity contribution is 6.10. The summed E-state index contributed by atoms with van der Waals surface area (Å²) in [5, 5.41) is 2.47. The molecular weight excluding hydrogens is 208 g/mol. The number of hydrogen-bond acceptors (Lipinski definition) is 1. The second kappa shape index (κ2) is 3.08. The van der Waals surface area contributed by atoms with Crippen LogP contribution in [0.1, 0.15) is 0 Å². The first kappa shape index (κ1) is 8.76. The van der Waals surface area contributed by atoms with E-state index in [1.165, 1.54) is 21.8 Å². The van der Waals surface area contributed by atoms with Gasteiger partial charge in [-0.15, -0.1) is 0 Å². The predicted molar refractivity (Wildman–Crippen MR) is 70.2 cm³/mol. The van der Waals surface area contributed by atoms with Gasteiger partial charge in [-0.3, -0.25) is 4.98 Å². The molecule has 0 saturated carbocycles. The van der Waals surface area contributed by atoms with E-state index in [0.29, 0.717) is 0 Å². The lowest BCUT2D eigenvalue weighted by Crippen LogP contribution is -1.90. The highest BCUT2D eigenvalue weighted by Gasteiger charge is 2.07. The van der Waals surface area contributed by atoms with Crippen molar-refractivity contribution >= 4 is 27.3 Å². The molecule has 0 bridgehead atoms. The van der Waals surface area contributed by atoms with Gasteiger partial charge in [-0.1, -0.05) is 24.3 Å². The summed E-state index contributed by atoms with van der Waals surface area (Å²) in [4.78, 5) is 4.51. The molecule has 0 unspecified atom stereocenters. The molecule has 2 heteroatoms. The molecule has 0 saturated heterocycles. The zero-order chi connectivity index (χ0) is 11.2. The van der Waals surface area contributed by atoms with Gasteiger partial charge in [-0.25, -0.2) is 0 Å². The lowest BCUT2D eigenvalue weighted by molar-refractivity contribution is 1.27. The van der Waals surface area contributed by atoms with Crippen LogP contribution in [0.4, 0.5) is 0 Å². The van der Waals surface area contributed by atoms with E-state index in [9.17, 15) is 0 Å². The fourth-order valence-electron chi connectivity index (χ4n) is 2.52. The summed E-state index contributed by atoms with van der Waals surface area (Å²) >= 11 is 0. The Kier molecular flexibility index (Phi) is 1.59. The molecule has 0 atom stereocenters. The van der Waals surface area contributed by atoms with Crippen molar-refractivity contribution in [2.24, 2.45) is 0 Å². The largest absolute Gasteiger partial charge is 0.314 e. The van der Waals surface area contributed by atoms with Crippen LogP contribution in [0.2, 0.25) is 0 Å². The maximum Gasteiger partial charge on any atom is 0.0948 e. The normalized spacial score (nSPS) is 11.5. The van der Waals surface area contributed by atoms with Crippen LogP contribution in [-0.2, 0) is 0 Å². The second-order valence-electron chi connectivity index (χ2n) is 4.18. The summed E-state index contributed by atoms with van der Waals surface area (Å²) in [5.41, 5.74) is 3.46. The van der Waals surface area contributed by atoms with E-state index in [2.05, 4.69) is 58.0 Å². The summed E-state index contributed by atoms with van der Waals surface area (Å²) in [7, 11) is 0. The third-order valence-electron chi connectivity index (χ3n) is 3.25. The molecule has 17 heavy (non-hydrogen) atoms. The van der Waals surface area contributed by atoms with Gasteiger partial charge < -0.3 is 4.40 Å². The van der Waals surface area contributed by atoms with Crippen molar-refractivity contribution in [2.75, 3.05) is 0 Å². The lowest BCUT2D eigenvalue weighted by Gasteiger charge is -2.07. The van der Waals surface area contributed by atoms with Crippen LogP contribution in [0.25, 0.3) is 27.3 Å². The van der Waals surface area contributed by atoms with Gasteiger partial charge in [0.05, 0.1) is 16.6 Å². The van der Waals surface area contributed by atoms with Crippen LogP contribution < -0.4 is 0 Å². The minimum Gasteiger partial charge on any atom is -0.314 e. The van der Waals surface area contributed by atoms with Crippen LogP contribution in [0.15, 0.2) is 60.9 Å². The molecule has 3 heterocycles. The Morgan fingerprint density at radius 3 is 2.59 bits per heavy atom. The number of pyridine rings is 2. The number of fused-ring (bicyclic) bond motifs is 6. The van der Waals surface area contributed by atoms with Crippen molar-refractivity contribution in [3.8, 4) is 0 Å². The number of rotatable bonds is 0. The third kappa shape index (κ3) is 1.07. The van der Waals surface area contributed by atoms with Gasteiger partial charge in [0.15, 0.2) is 0 Å². The Bertz CT molecular complexity index is 773. The molecule has 0 aliphatic rings. The molecule has 3 aromatic heterocycles. The van der Waals surface area contributed by atoms with Gasteiger partial charge in [-0.2, -0.15) is 0 Å². The monoisotopic (exact) mass is 218 g/mol.